The first kappa shape index (κ1) is 19.1. The maximum atomic E-state index is 13.2. The van der Waals surface area contributed by atoms with Gasteiger partial charge < -0.3 is 19.2 Å². The second-order valence-electron chi connectivity index (χ2n) is 8.51. The van der Waals surface area contributed by atoms with Crippen LogP contribution in [0, 0.1) is 6.92 Å². The first-order valence-corrected chi connectivity index (χ1v) is 10.6. The van der Waals surface area contributed by atoms with Crippen molar-refractivity contribution < 1.29 is 9.21 Å². The van der Waals surface area contributed by atoms with Gasteiger partial charge in [-0.15, -0.1) is 0 Å². The molecule has 5 rings (SSSR count). The predicted molar refractivity (Wildman–Crippen MR) is 114 cm³/mol. The number of hydrogen-bond acceptors (Lipinski definition) is 5. The predicted octanol–water partition coefficient (Wildman–Crippen LogP) is 2.83. The molecule has 0 saturated carbocycles. The summed E-state index contributed by atoms with van der Waals surface area (Å²) >= 11 is 0. The van der Waals surface area contributed by atoms with Gasteiger partial charge in [-0.05, 0) is 32.9 Å². The van der Waals surface area contributed by atoms with E-state index < -0.39 is 0 Å². The summed E-state index contributed by atoms with van der Waals surface area (Å²) in [5.74, 6) is 1.06. The van der Waals surface area contributed by atoms with Gasteiger partial charge in [-0.1, -0.05) is 18.2 Å². The third-order valence-corrected chi connectivity index (χ3v) is 6.41. The number of hydrogen-bond donors (Lipinski definition) is 1. The molecule has 1 N–H and O–H groups in total. The van der Waals surface area contributed by atoms with Gasteiger partial charge in [-0.3, -0.25) is 9.59 Å². The van der Waals surface area contributed by atoms with E-state index in [1.807, 2.05) is 43.1 Å². The molecule has 1 fully saturated rings. The van der Waals surface area contributed by atoms with Gasteiger partial charge in [0.2, 0.25) is 0 Å². The molecule has 1 saturated heterocycles. The molecule has 7 heteroatoms. The van der Waals surface area contributed by atoms with Crippen molar-refractivity contribution in [2.24, 2.45) is 0 Å². The molecule has 2 aliphatic heterocycles. The Kier molecular flexibility index (Phi) is 4.70. The number of amides is 1. The van der Waals surface area contributed by atoms with Crippen LogP contribution in [0.5, 0.6) is 0 Å². The Morgan fingerprint density at radius 2 is 2.10 bits per heavy atom. The van der Waals surface area contributed by atoms with Crippen molar-refractivity contribution in [1.29, 1.82) is 0 Å². The van der Waals surface area contributed by atoms with E-state index in [1.54, 1.807) is 0 Å². The highest BCUT2D eigenvalue weighted by atomic mass is 16.3. The summed E-state index contributed by atoms with van der Waals surface area (Å²) in [6, 6.07) is 7.72. The maximum Gasteiger partial charge on any atom is 0.289 e. The minimum absolute atomic E-state index is 0.0324. The molecule has 1 aromatic carbocycles. The van der Waals surface area contributed by atoms with Crippen LogP contribution in [0.2, 0.25) is 0 Å². The highest BCUT2D eigenvalue weighted by Gasteiger charge is 2.31. The monoisotopic (exact) mass is 406 g/mol. The number of carbonyl (C=O) groups excluding carboxylic acids is 1. The van der Waals surface area contributed by atoms with Gasteiger partial charge in [0.15, 0.2) is 5.76 Å². The van der Waals surface area contributed by atoms with Crippen LogP contribution in [0.1, 0.15) is 52.0 Å². The SMILES string of the molecule is Cc1c(C(=O)N2CCC[C@@H](c3nc4c(c(=O)[nH]3)CN(C)CC4)C2)oc2ccccc12. The Hall–Kier alpha value is -2.93. The molecule has 1 atom stereocenters. The van der Waals surface area contributed by atoms with Crippen molar-refractivity contribution in [1.82, 2.24) is 19.8 Å². The van der Waals surface area contributed by atoms with Crippen molar-refractivity contribution in [2.75, 3.05) is 26.7 Å². The molecular weight excluding hydrogens is 380 g/mol. The lowest BCUT2D eigenvalue weighted by Crippen LogP contribution is -2.41. The fraction of sp³-hybridized carbons (Fsp3) is 0.435. The van der Waals surface area contributed by atoms with Crippen molar-refractivity contribution in [3.63, 3.8) is 0 Å². The van der Waals surface area contributed by atoms with Crippen molar-refractivity contribution in [2.45, 2.75) is 38.6 Å². The Bertz CT molecular complexity index is 1180. The van der Waals surface area contributed by atoms with E-state index >= 15 is 0 Å². The van der Waals surface area contributed by atoms with Gasteiger partial charge in [-0.25, -0.2) is 4.98 Å². The average Bonchev–Trinajstić information content (AvgIpc) is 3.10. The maximum absolute atomic E-state index is 13.2. The average molecular weight is 406 g/mol. The Morgan fingerprint density at radius 1 is 1.27 bits per heavy atom. The zero-order valence-corrected chi connectivity index (χ0v) is 17.4. The van der Waals surface area contributed by atoms with E-state index in [1.165, 1.54) is 0 Å². The number of rotatable bonds is 2. The molecular formula is C23H26N4O3. The summed E-state index contributed by atoms with van der Waals surface area (Å²) in [6.07, 6.45) is 2.57. The molecule has 3 aromatic rings. The van der Waals surface area contributed by atoms with E-state index in [4.69, 9.17) is 9.40 Å². The minimum Gasteiger partial charge on any atom is -0.451 e. The number of likely N-dealkylation sites (tertiary alicyclic amines) is 1. The van der Waals surface area contributed by atoms with Crippen LogP contribution in [-0.2, 0) is 13.0 Å². The van der Waals surface area contributed by atoms with Crippen LogP contribution >= 0.6 is 0 Å². The van der Waals surface area contributed by atoms with Gasteiger partial charge in [0.1, 0.15) is 11.4 Å². The number of nitrogens with zero attached hydrogens (tertiary/aromatic N) is 3. The number of aromatic nitrogens is 2. The number of furan rings is 1. The number of likely N-dealkylation sites (N-methyl/N-ethyl adjacent to an activating group) is 1. The van der Waals surface area contributed by atoms with E-state index in [0.29, 0.717) is 31.2 Å². The van der Waals surface area contributed by atoms with Crippen molar-refractivity contribution in [3.05, 3.63) is 63.0 Å². The van der Waals surface area contributed by atoms with Gasteiger partial charge in [0.25, 0.3) is 11.5 Å². The first-order chi connectivity index (χ1) is 14.5. The molecule has 0 unspecified atom stereocenters. The summed E-state index contributed by atoms with van der Waals surface area (Å²) in [6.45, 7) is 4.70. The molecule has 2 aliphatic rings. The highest BCUT2D eigenvalue weighted by Crippen LogP contribution is 2.30. The Morgan fingerprint density at radius 3 is 2.93 bits per heavy atom. The van der Waals surface area contributed by atoms with Gasteiger partial charge in [-0.2, -0.15) is 0 Å². The van der Waals surface area contributed by atoms with Gasteiger partial charge >= 0.3 is 0 Å². The Balaban J connectivity index is 1.41. The number of para-hydroxylation sites is 1. The second-order valence-corrected chi connectivity index (χ2v) is 8.51. The van der Waals surface area contributed by atoms with Crippen LogP contribution in [-0.4, -0.2) is 52.4 Å². The molecule has 0 aliphatic carbocycles. The van der Waals surface area contributed by atoms with E-state index in [2.05, 4.69) is 9.88 Å². The molecule has 30 heavy (non-hydrogen) atoms. The number of nitrogens with one attached hydrogen (secondary N) is 1. The normalized spacial score (nSPS) is 19.8. The standard InChI is InChI=1S/C23H26N4O3/c1-14-16-7-3-4-8-19(16)30-20(14)23(29)27-10-5-6-15(12-27)21-24-18-9-11-26(2)13-17(18)22(28)25-21/h3-4,7-8,15H,5-6,9-13H2,1-2H3,(H,24,25,28)/t15-/m1/s1. The van der Waals surface area contributed by atoms with Crippen LogP contribution < -0.4 is 5.56 Å². The molecule has 0 bridgehead atoms. The molecule has 7 nitrogen and oxygen atoms in total. The van der Waals surface area contributed by atoms with Crippen LogP contribution in [0.3, 0.4) is 0 Å². The molecule has 156 valence electrons. The number of fused-ring (bicyclic) bond motifs is 2. The lowest BCUT2D eigenvalue weighted by molar-refractivity contribution is 0.0673. The third kappa shape index (κ3) is 3.23. The van der Waals surface area contributed by atoms with Gasteiger partial charge in [0.05, 0.1) is 11.3 Å². The molecule has 0 radical (unpaired) electrons. The summed E-state index contributed by atoms with van der Waals surface area (Å²) in [7, 11) is 2.01. The number of benzene rings is 1. The van der Waals surface area contributed by atoms with Crippen LogP contribution in [0.4, 0.5) is 0 Å². The van der Waals surface area contributed by atoms with Crippen LogP contribution in [0.15, 0.2) is 33.5 Å². The Labute approximate surface area is 174 Å². The molecule has 1 amide bonds. The van der Waals surface area contributed by atoms with E-state index in [-0.39, 0.29) is 17.4 Å². The van der Waals surface area contributed by atoms with E-state index in [0.717, 1.165) is 53.6 Å². The first-order valence-electron chi connectivity index (χ1n) is 10.6. The highest BCUT2D eigenvalue weighted by molar-refractivity contribution is 5.99. The minimum atomic E-state index is -0.0877. The topological polar surface area (TPSA) is 82.4 Å². The van der Waals surface area contributed by atoms with E-state index in [9.17, 15) is 9.59 Å². The zero-order valence-electron chi connectivity index (χ0n) is 17.4. The number of H-pyrrole nitrogens is 1. The molecule has 0 spiro atoms. The lowest BCUT2D eigenvalue weighted by Gasteiger charge is -2.32. The van der Waals surface area contributed by atoms with Crippen molar-refractivity contribution >= 4 is 16.9 Å². The molecule has 4 heterocycles. The quantitative estimate of drug-likeness (QED) is 0.708. The second kappa shape index (κ2) is 7.40. The summed E-state index contributed by atoms with van der Waals surface area (Å²) < 4.78 is 5.89. The largest absolute Gasteiger partial charge is 0.451 e. The summed E-state index contributed by atoms with van der Waals surface area (Å²) in [5.41, 5.74) is 3.25. The third-order valence-electron chi connectivity index (χ3n) is 6.41. The summed E-state index contributed by atoms with van der Waals surface area (Å²) in [5, 5.41) is 0.972. The number of aryl methyl sites for hydroxylation is 1. The zero-order chi connectivity index (χ0) is 20.8. The van der Waals surface area contributed by atoms with Gasteiger partial charge in [0, 0.05) is 49.5 Å². The number of carbonyl (C=O) groups is 1. The number of piperidine rings is 1. The summed E-state index contributed by atoms with van der Waals surface area (Å²) in [4.78, 5) is 37.7. The fourth-order valence-corrected chi connectivity index (χ4v) is 4.68. The fourth-order valence-electron chi connectivity index (χ4n) is 4.68. The molecule has 2 aromatic heterocycles. The number of aromatic amines is 1. The lowest BCUT2D eigenvalue weighted by atomic mass is 9.96. The van der Waals surface area contributed by atoms with Crippen molar-refractivity contribution in [3.8, 4) is 0 Å². The van der Waals surface area contributed by atoms with Crippen LogP contribution in [0.25, 0.3) is 11.0 Å². The smallest absolute Gasteiger partial charge is 0.289 e.